The van der Waals surface area contributed by atoms with Gasteiger partial charge in [-0.05, 0) is 18.4 Å². The molecule has 160 valence electrons. The Bertz CT molecular complexity index is 843. The second kappa shape index (κ2) is 10.0. The Kier molecular flexibility index (Phi) is 6.94. The zero-order valence-corrected chi connectivity index (χ0v) is 17.3. The standard InChI is InChI=1S/C23H30N4O3/c28-17-20-9-5-11-27(20)23(29)21-18-30-22(24-21)16-26-14-12-25(13-15-26)10-4-8-19-6-2-1-3-7-19/h1-4,6-8,18,20,28H,5,9-17H2/t20-/m0/s1. The van der Waals surface area contributed by atoms with Crippen molar-refractivity contribution >= 4 is 12.0 Å². The minimum absolute atomic E-state index is 0.00125. The Morgan fingerprint density at radius 2 is 1.90 bits per heavy atom. The van der Waals surface area contributed by atoms with Gasteiger partial charge in [-0.15, -0.1) is 0 Å². The van der Waals surface area contributed by atoms with Gasteiger partial charge < -0.3 is 14.4 Å². The van der Waals surface area contributed by atoms with Crippen LogP contribution in [0.5, 0.6) is 0 Å². The predicted octanol–water partition coefficient (Wildman–Crippen LogP) is 2.10. The van der Waals surface area contributed by atoms with Crippen LogP contribution in [-0.2, 0) is 6.54 Å². The van der Waals surface area contributed by atoms with Gasteiger partial charge in [0.15, 0.2) is 5.69 Å². The fraction of sp³-hybridized carbons (Fsp3) is 0.478. The Morgan fingerprint density at radius 1 is 1.13 bits per heavy atom. The van der Waals surface area contributed by atoms with E-state index in [2.05, 4.69) is 51.2 Å². The summed E-state index contributed by atoms with van der Waals surface area (Å²) < 4.78 is 5.57. The van der Waals surface area contributed by atoms with Crippen molar-refractivity contribution in [3.63, 3.8) is 0 Å². The topological polar surface area (TPSA) is 73.1 Å². The summed E-state index contributed by atoms with van der Waals surface area (Å²) in [5.41, 5.74) is 1.57. The lowest BCUT2D eigenvalue weighted by Gasteiger charge is -2.33. The zero-order chi connectivity index (χ0) is 20.8. The van der Waals surface area contributed by atoms with E-state index in [1.54, 1.807) is 4.90 Å². The highest BCUT2D eigenvalue weighted by Crippen LogP contribution is 2.20. The molecule has 2 fully saturated rings. The second-order valence-corrected chi connectivity index (χ2v) is 7.99. The van der Waals surface area contributed by atoms with Crippen LogP contribution >= 0.6 is 0 Å². The summed E-state index contributed by atoms with van der Waals surface area (Å²) in [5, 5.41) is 9.43. The average Bonchev–Trinajstić information content (AvgIpc) is 3.45. The number of amides is 1. The van der Waals surface area contributed by atoms with Crippen molar-refractivity contribution in [1.29, 1.82) is 0 Å². The van der Waals surface area contributed by atoms with E-state index in [1.807, 2.05) is 6.07 Å². The zero-order valence-electron chi connectivity index (χ0n) is 17.3. The van der Waals surface area contributed by atoms with Crippen LogP contribution in [0.4, 0.5) is 0 Å². The largest absolute Gasteiger partial charge is 0.447 e. The van der Waals surface area contributed by atoms with Crippen molar-refractivity contribution in [2.75, 3.05) is 45.9 Å². The van der Waals surface area contributed by atoms with Crippen molar-refractivity contribution in [3.05, 3.63) is 59.8 Å². The summed E-state index contributed by atoms with van der Waals surface area (Å²) in [6.45, 7) is 6.13. The van der Waals surface area contributed by atoms with E-state index < -0.39 is 0 Å². The van der Waals surface area contributed by atoms with Crippen molar-refractivity contribution in [2.45, 2.75) is 25.4 Å². The summed E-state index contributed by atoms with van der Waals surface area (Å²) in [6.07, 6.45) is 7.60. The quantitative estimate of drug-likeness (QED) is 0.754. The fourth-order valence-electron chi connectivity index (χ4n) is 4.15. The Hall–Kier alpha value is -2.48. The lowest BCUT2D eigenvalue weighted by Crippen LogP contribution is -2.45. The van der Waals surface area contributed by atoms with E-state index in [0.29, 0.717) is 24.7 Å². The van der Waals surface area contributed by atoms with E-state index in [4.69, 9.17) is 4.42 Å². The number of rotatable bonds is 7. The van der Waals surface area contributed by atoms with Crippen molar-refractivity contribution in [2.24, 2.45) is 0 Å². The van der Waals surface area contributed by atoms with Crippen molar-refractivity contribution < 1.29 is 14.3 Å². The third kappa shape index (κ3) is 5.16. The minimum Gasteiger partial charge on any atom is -0.447 e. The molecule has 0 aliphatic carbocycles. The number of aliphatic hydroxyl groups excluding tert-OH is 1. The summed E-state index contributed by atoms with van der Waals surface area (Å²) in [6, 6.07) is 10.3. The molecule has 1 amide bonds. The first-order chi connectivity index (χ1) is 14.7. The molecule has 0 radical (unpaired) electrons. The number of hydrogen-bond acceptors (Lipinski definition) is 6. The molecule has 3 heterocycles. The SMILES string of the molecule is O=C(c1coc(CN2CCN(CC=Cc3ccccc3)CC2)n1)N1CCC[C@H]1CO. The number of nitrogens with zero attached hydrogens (tertiary/aromatic N) is 4. The molecule has 0 unspecified atom stereocenters. The summed E-state index contributed by atoms with van der Waals surface area (Å²) in [5.74, 6) is 0.437. The van der Waals surface area contributed by atoms with Crippen LogP contribution in [0.15, 0.2) is 47.1 Å². The number of hydrogen-bond donors (Lipinski definition) is 1. The molecule has 30 heavy (non-hydrogen) atoms. The number of likely N-dealkylation sites (tertiary alicyclic amines) is 1. The van der Waals surface area contributed by atoms with Crippen LogP contribution in [0.2, 0.25) is 0 Å². The summed E-state index contributed by atoms with van der Waals surface area (Å²) >= 11 is 0. The maximum atomic E-state index is 12.6. The molecule has 2 aliphatic heterocycles. The van der Waals surface area contributed by atoms with Crippen LogP contribution in [0.1, 0.15) is 34.8 Å². The number of oxazole rings is 1. The molecule has 0 bridgehead atoms. The molecule has 7 nitrogen and oxygen atoms in total. The maximum absolute atomic E-state index is 12.6. The Balaban J connectivity index is 1.23. The highest BCUT2D eigenvalue weighted by molar-refractivity contribution is 5.92. The Labute approximate surface area is 177 Å². The van der Waals surface area contributed by atoms with E-state index >= 15 is 0 Å². The van der Waals surface area contributed by atoms with Gasteiger partial charge in [-0.1, -0.05) is 42.5 Å². The van der Waals surface area contributed by atoms with Gasteiger partial charge >= 0.3 is 0 Å². The summed E-state index contributed by atoms with van der Waals surface area (Å²) in [7, 11) is 0. The van der Waals surface area contributed by atoms with E-state index in [1.165, 1.54) is 11.8 Å². The molecule has 4 rings (SSSR count). The van der Waals surface area contributed by atoms with Gasteiger partial charge in [0.05, 0.1) is 19.2 Å². The lowest BCUT2D eigenvalue weighted by atomic mass is 10.2. The minimum atomic E-state index is -0.142. The lowest BCUT2D eigenvalue weighted by molar-refractivity contribution is 0.0671. The van der Waals surface area contributed by atoms with Gasteiger partial charge in [0, 0.05) is 39.3 Å². The monoisotopic (exact) mass is 410 g/mol. The molecule has 2 aliphatic rings. The molecular formula is C23H30N4O3. The van der Waals surface area contributed by atoms with Crippen LogP contribution in [0.25, 0.3) is 6.08 Å². The molecule has 1 aromatic carbocycles. The fourth-order valence-corrected chi connectivity index (χ4v) is 4.15. The Morgan fingerprint density at radius 3 is 2.67 bits per heavy atom. The molecule has 1 N–H and O–H groups in total. The van der Waals surface area contributed by atoms with E-state index in [9.17, 15) is 9.90 Å². The predicted molar refractivity (Wildman–Crippen MR) is 115 cm³/mol. The molecule has 2 aromatic rings. The van der Waals surface area contributed by atoms with Crippen molar-refractivity contribution in [1.82, 2.24) is 19.7 Å². The second-order valence-electron chi connectivity index (χ2n) is 7.99. The molecular weight excluding hydrogens is 380 g/mol. The summed E-state index contributed by atoms with van der Waals surface area (Å²) in [4.78, 5) is 23.5. The van der Waals surface area contributed by atoms with Crippen molar-refractivity contribution in [3.8, 4) is 0 Å². The highest BCUT2D eigenvalue weighted by Gasteiger charge is 2.30. The van der Waals surface area contributed by atoms with Crippen LogP contribution < -0.4 is 0 Å². The van der Waals surface area contributed by atoms with Crippen LogP contribution in [0.3, 0.4) is 0 Å². The molecule has 2 saturated heterocycles. The molecule has 7 heteroatoms. The number of aliphatic hydroxyl groups is 1. The van der Waals surface area contributed by atoms with Gasteiger partial charge in [0.1, 0.15) is 6.26 Å². The normalized spacial score (nSPS) is 21.0. The molecule has 0 spiro atoms. The smallest absolute Gasteiger partial charge is 0.276 e. The number of piperazine rings is 1. The van der Waals surface area contributed by atoms with Crippen LogP contribution in [-0.4, -0.2) is 82.6 Å². The van der Waals surface area contributed by atoms with E-state index in [-0.39, 0.29) is 18.6 Å². The first-order valence-corrected chi connectivity index (χ1v) is 10.8. The number of carbonyl (C=O) groups is 1. The average molecular weight is 411 g/mol. The molecule has 0 saturated carbocycles. The van der Waals surface area contributed by atoms with Gasteiger partial charge in [-0.3, -0.25) is 14.6 Å². The number of aromatic nitrogens is 1. The highest BCUT2D eigenvalue weighted by atomic mass is 16.3. The van der Waals surface area contributed by atoms with Gasteiger partial charge in [-0.2, -0.15) is 0 Å². The third-order valence-corrected chi connectivity index (χ3v) is 5.92. The third-order valence-electron chi connectivity index (χ3n) is 5.92. The molecule has 1 atom stereocenters. The van der Waals surface area contributed by atoms with Gasteiger partial charge in [0.25, 0.3) is 5.91 Å². The number of benzene rings is 1. The van der Waals surface area contributed by atoms with Crippen LogP contribution in [0, 0.1) is 0 Å². The van der Waals surface area contributed by atoms with Gasteiger partial charge in [0.2, 0.25) is 5.89 Å². The van der Waals surface area contributed by atoms with E-state index in [0.717, 1.165) is 45.6 Å². The first-order valence-electron chi connectivity index (χ1n) is 10.8. The van der Waals surface area contributed by atoms with Gasteiger partial charge in [-0.25, -0.2) is 4.98 Å². The maximum Gasteiger partial charge on any atom is 0.276 e. The molecule has 1 aromatic heterocycles. The first kappa shape index (κ1) is 20.8. The number of carbonyl (C=O) groups excluding carboxylic acids is 1.